The van der Waals surface area contributed by atoms with E-state index in [4.69, 9.17) is 4.42 Å². The van der Waals surface area contributed by atoms with Crippen molar-refractivity contribution in [2.45, 2.75) is 39.2 Å². The second-order valence-corrected chi connectivity index (χ2v) is 6.21. The number of aryl methyl sites for hydroxylation is 1. The van der Waals surface area contributed by atoms with E-state index in [-0.39, 0.29) is 24.7 Å². The summed E-state index contributed by atoms with van der Waals surface area (Å²) in [5.41, 5.74) is 0.733. The Morgan fingerprint density at radius 3 is 2.71 bits per heavy atom. The molecule has 0 spiro atoms. The van der Waals surface area contributed by atoms with E-state index < -0.39 is 6.10 Å². The Kier molecular flexibility index (Phi) is 6.49. The summed E-state index contributed by atoms with van der Waals surface area (Å²) < 4.78 is 18.5. The number of oxazole rings is 1. The molecule has 6 heteroatoms. The van der Waals surface area contributed by atoms with Crippen molar-refractivity contribution in [3.8, 4) is 11.3 Å². The summed E-state index contributed by atoms with van der Waals surface area (Å²) in [5, 5.41) is 12.4. The summed E-state index contributed by atoms with van der Waals surface area (Å²) in [5.74, 6) is 0.910. The van der Waals surface area contributed by atoms with Crippen molar-refractivity contribution in [3.05, 3.63) is 42.2 Å². The lowest BCUT2D eigenvalue weighted by Gasteiger charge is -2.13. The Bertz CT molecular complexity index is 653. The number of amides is 1. The maximum atomic E-state index is 12.9. The zero-order valence-corrected chi connectivity index (χ0v) is 14.0. The molecule has 0 aliphatic heterocycles. The molecule has 2 rings (SSSR count). The van der Waals surface area contributed by atoms with Gasteiger partial charge in [0.15, 0.2) is 11.7 Å². The molecule has 0 saturated carbocycles. The predicted octanol–water partition coefficient (Wildman–Crippen LogP) is 2.94. The summed E-state index contributed by atoms with van der Waals surface area (Å²) in [6.07, 6.45) is 2.29. The number of nitrogens with zero attached hydrogens (tertiary/aromatic N) is 1. The van der Waals surface area contributed by atoms with E-state index in [2.05, 4.69) is 10.3 Å². The third-order valence-corrected chi connectivity index (χ3v) is 3.53. The molecule has 0 saturated heterocycles. The molecule has 1 atom stereocenters. The smallest absolute Gasteiger partial charge is 0.220 e. The standard InChI is InChI=1S/C18H23FN2O3/c1-12(2)9-15(22)10-20-17(23)7-8-18-21-11-16(24-18)13-3-5-14(19)6-4-13/h3-6,11-12,15,22H,7-10H2,1-2H3,(H,20,23). The quantitative estimate of drug-likeness (QED) is 0.778. The van der Waals surface area contributed by atoms with Crippen LogP contribution >= 0.6 is 0 Å². The average molecular weight is 334 g/mol. The topological polar surface area (TPSA) is 75.4 Å². The number of hydrogen-bond acceptors (Lipinski definition) is 4. The molecule has 1 amide bonds. The first-order chi connectivity index (χ1) is 11.4. The molecule has 2 aromatic rings. The second-order valence-electron chi connectivity index (χ2n) is 6.21. The number of nitrogens with one attached hydrogen (secondary N) is 1. The number of carbonyl (C=O) groups is 1. The number of rotatable bonds is 8. The van der Waals surface area contributed by atoms with E-state index in [9.17, 15) is 14.3 Å². The van der Waals surface area contributed by atoms with Gasteiger partial charge in [0, 0.05) is 24.9 Å². The fraction of sp³-hybridized carbons (Fsp3) is 0.444. The highest BCUT2D eigenvalue weighted by Gasteiger charge is 2.11. The number of aliphatic hydroxyl groups is 1. The summed E-state index contributed by atoms with van der Waals surface area (Å²) in [6, 6.07) is 5.94. The highest BCUT2D eigenvalue weighted by Crippen LogP contribution is 2.21. The first-order valence-corrected chi connectivity index (χ1v) is 8.09. The summed E-state index contributed by atoms with van der Waals surface area (Å²) in [7, 11) is 0. The SMILES string of the molecule is CC(C)CC(O)CNC(=O)CCc1ncc(-c2ccc(F)cc2)o1. The Morgan fingerprint density at radius 2 is 2.04 bits per heavy atom. The number of aromatic nitrogens is 1. The van der Waals surface area contributed by atoms with Crippen molar-refractivity contribution in [2.24, 2.45) is 5.92 Å². The van der Waals surface area contributed by atoms with Crippen LogP contribution in [0.4, 0.5) is 4.39 Å². The lowest BCUT2D eigenvalue weighted by atomic mass is 10.1. The van der Waals surface area contributed by atoms with Gasteiger partial charge < -0.3 is 14.8 Å². The van der Waals surface area contributed by atoms with E-state index in [1.165, 1.54) is 12.1 Å². The van der Waals surface area contributed by atoms with Gasteiger partial charge in [-0.1, -0.05) is 13.8 Å². The van der Waals surface area contributed by atoms with Crippen molar-refractivity contribution >= 4 is 5.91 Å². The van der Waals surface area contributed by atoms with Gasteiger partial charge in [0.05, 0.1) is 12.3 Å². The lowest BCUT2D eigenvalue weighted by Crippen LogP contribution is -2.32. The van der Waals surface area contributed by atoms with Gasteiger partial charge in [-0.2, -0.15) is 0 Å². The second kappa shape index (κ2) is 8.59. The molecule has 1 heterocycles. The van der Waals surface area contributed by atoms with E-state index >= 15 is 0 Å². The minimum absolute atomic E-state index is 0.153. The van der Waals surface area contributed by atoms with Crippen LogP contribution in [0.2, 0.25) is 0 Å². The van der Waals surface area contributed by atoms with Crippen LogP contribution in [0.25, 0.3) is 11.3 Å². The maximum Gasteiger partial charge on any atom is 0.220 e. The minimum atomic E-state index is -0.527. The van der Waals surface area contributed by atoms with Crippen LogP contribution in [0.15, 0.2) is 34.9 Å². The van der Waals surface area contributed by atoms with E-state index in [1.807, 2.05) is 13.8 Å². The van der Waals surface area contributed by atoms with Gasteiger partial charge in [0.1, 0.15) is 5.82 Å². The van der Waals surface area contributed by atoms with Gasteiger partial charge in [-0.05, 0) is 36.6 Å². The van der Waals surface area contributed by atoms with Gasteiger partial charge in [-0.25, -0.2) is 9.37 Å². The van der Waals surface area contributed by atoms with E-state index in [0.29, 0.717) is 30.4 Å². The third-order valence-electron chi connectivity index (χ3n) is 3.53. The van der Waals surface area contributed by atoms with Crippen molar-refractivity contribution in [2.75, 3.05) is 6.54 Å². The molecular formula is C18H23FN2O3. The molecular weight excluding hydrogens is 311 g/mol. The van der Waals surface area contributed by atoms with Gasteiger partial charge in [-0.15, -0.1) is 0 Å². The molecule has 0 aliphatic rings. The molecule has 24 heavy (non-hydrogen) atoms. The third kappa shape index (κ3) is 5.77. The molecule has 1 unspecified atom stereocenters. The summed E-state index contributed by atoms with van der Waals surface area (Å²) >= 11 is 0. The molecule has 0 aliphatic carbocycles. The lowest BCUT2D eigenvalue weighted by molar-refractivity contribution is -0.121. The van der Waals surface area contributed by atoms with Gasteiger partial charge in [0.2, 0.25) is 5.91 Å². The minimum Gasteiger partial charge on any atom is -0.441 e. The first kappa shape index (κ1) is 18.1. The van der Waals surface area contributed by atoms with Gasteiger partial charge in [-0.3, -0.25) is 4.79 Å². The summed E-state index contributed by atoms with van der Waals surface area (Å²) in [6.45, 7) is 4.29. The van der Waals surface area contributed by atoms with Crippen molar-refractivity contribution in [3.63, 3.8) is 0 Å². The Labute approximate surface area is 140 Å². The van der Waals surface area contributed by atoms with Crippen LogP contribution in [0.1, 0.15) is 32.6 Å². The Hall–Kier alpha value is -2.21. The monoisotopic (exact) mass is 334 g/mol. The molecule has 0 bridgehead atoms. The van der Waals surface area contributed by atoms with Crippen LogP contribution in [-0.4, -0.2) is 28.6 Å². The van der Waals surface area contributed by atoms with Gasteiger partial charge >= 0.3 is 0 Å². The number of benzene rings is 1. The van der Waals surface area contributed by atoms with Gasteiger partial charge in [0.25, 0.3) is 0 Å². The maximum absolute atomic E-state index is 12.9. The van der Waals surface area contributed by atoms with Crippen molar-refractivity contribution in [1.82, 2.24) is 10.3 Å². The van der Waals surface area contributed by atoms with Crippen LogP contribution in [0.5, 0.6) is 0 Å². The highest BCUT2D eigenvalue weighted by molar-refractivity contribution is 5.76. The van der Waals surface area contributed by atoms with Crippen molar-refractivity contribution in [1.29, 1.82) is 0 Å². The van der Waals surface area contributed by atoms with Crippen LogP contribution < -0.4 is 5.32 Å². The molecule has 1 aromatic heterocycles. The first-order valence-electron chi connectivity index (χ1n) is 8.09. The summed E-state index contributed by atoms with van der Waals surface area (Å²) in [4.78, 5) is 15.9. The van der Waals surface area contributed by atoms with E-state index in [0.717, 1.165) is 5.56 Å². The Morgan fingerprint density at radius 1 is 1.33 bits per heavy atom. The average Bonchev–Trinajstić information content (AvgIpc) is 3.00. The molecule has 5 nitrogen and oxygen atoms in total. The predicted molar refractivity (Wildman–Crippen MR) is 88.7 cm³/mol. The highest BCUT2D eigenvalue weighted by atomic mass is 19.1. The number of halogens is 1. The van der Waals surface area contributed by atoms with Crippen LogP contribution in [0.3, 0.4) is 0 Å². The normalized spacial score (nSPS) is 12.4. The number of hydrogen-bond donors (Lipinski definition) is 2. The van der Waals surface area contributed by atoms with E-state index in [1.54, 1.807) is 18.3 Å². The largest absolute Gasteiger partial charge is 0.441 e. The number of aliphatic hydroxyl groups excluding tert-OH is 1. The molecule has 2 N–H and O–H groups in total. The number of carbonyl (C=O) groups excluding carboxylic acids is 1. The van der Waals surface area contributed by atoms with Crippen LogP contribution in [-0.2, 0) is 11.2 Å². The van der Waals surface area contributed by atoms with Crippen LogP contribution in [0, 0.1) is 11.7 Å². The van der Waals surface area contributed by atoms with Crippen molar-refractivity contribution < 1.29 is 18.7 Å². The zero-order chi connectivity index (χ0) is 17.5. The fourth-order valence-electron chi connectivity index (χ4n) is 2.34. The fourth-order valence-corrected chi connectivity index (χ4v) is 2.34. The molecule has 0 radical (unpaired) electrons. The zero-order valence-electron chi connectivity index (χ0n) is 14.0. The molecule has 0 fully saturated rings. The Balaban J connectivity index is 1.78. The molecule has 130 valence electrons. The molecule has 1 aromatic carbocycles.